The molecule has 5 nitrogen and oxygen atoms in total. The third-order valence-electron chi connectivity index (χ3n) is 2.65. The number of nitrogens with one attached hydrogen (secondary N) is 1. The summed E-state index contributed by atoms with van der Waals surface area (Å²) < 4.78 is 0. The van der Waals surface area contributed by atoms with Crippen molar-refractivity contribution in [2.45, 2.75) is 39.2 Å². The summed E-state index contributed by atoms with van der Waals surface area (Å²) in [6.45, 7) is 5.95. The third kappa shape index (κ3) is 4.51. The van der Waals surface area contributed by atoms with Crippen LogP contribution >= 0.6 is 0 Å². The van der Waals surface area contributed by atoms with Crippen LogP contribution in [0.1, 0.15) is 33.1 Å². The van der Waals surface area contributed by atoms with Gasteiger partial charge in [0.2, 0.25) is 5.91 Å². The van der Waals surface area contributed by atoms with E-state index in [0.29, 0.717) is 25.0 Å². The topological polar surface area (TPSA) is 70.7 Å². The van der Waals surface area contributed by atoms with Crippen molar-refractivity contribution in [1.82, 2.24) is 10.2 Å². The number of aliphatic imine (C=N–C) groups is 1. The Morgan fingerprint density at radius 2 is 2.06 bits per heavy atom. The molecule has 0 saturated heterocycles. The molecule has 1 fully saturated rings. The molecule has 0 unspecified atom stereocenters. The molecule has 1 aliphatic carbocycles. The Hall–Kier alpha value is -1.26. The summed E-state index contributed by atoms with van der Waals surface area (Å²) >= 11 is 0. The number of rotatable bonds is 6. The van der Waals surface area contributed by atoms with Gasteiger partial charge in [0.25, 0.3) is 0 Å². The Morgan fingerprint density at radius 1 is 1.44 bits per heavy atom. The predicted octanol–water partition coefficient (Wildman–Crippen LogP) is 0.312. The second kappa shape index (κ2) is 6.35. The smallest absolute Gasteiger partial charge is 0.224 e. The maximum Gasteiger partial charge on any atom is 0.224 e. The minimum Gasteiger partial charge on any atom is -0.370 e. The highest BCUT2D eigenvalue weighted by Crippen LogP contribution is 2.17. The molecule has 0 aromatic carbocycles. The third-order valence-corrected chi connectivity index (χ3v) is 2.65. The van der Waals surface area contributed by atoms with Crippen molar-refractivity contribution in [3.05, 3.63) is 0 Å². The summed E-state index contributed by atoms with van der Waals surface area (Å²) in [5, 5.41) is 3.09. The summed E-state index contributed by atoms with van der Waals surface area (Å²) in [5.41, 5.74) is 5.66. The first kappa shape index (κ1) is 12.8. The molecule has 0 aromatic rings. The van der Waals surface area contributed by atoms with Crippen LogP contribution in [0.2, 0.25) is 0 Å². The van der Waals surface area contributed by atoms with Gasteiger partial charge in [0.1, 0.15) is 0 Å². The molecule has 0 radical (unpaired) electrons. The van der Waals surface area contributed by atoms with Crippen LogP contribution in [0, 0.1) is 0 Å². The highest BCUT2D eigenvalue weighted by molar-refractivity contribution is 5.79. The first-order valence-corrected chi connectivity index (χ1v) is 6.01. The maximum atomic E-state index is 11.6. The van der Waals surface area contributed by atoms with Gasteiger partial charge >= 0.3 is 0 Å². The average molecular weight is 226 g/mol. The second-order valence-corrected chi connectivity index (χ2v) is 4.00. The molecule has 1 rings (SSSR count). The van der Waals surface area contributed by atoms with Gasteiger partial charge < -0.3 is 16.0 Å². The molecule has 92 valence electrons. The molecular formula is C11H22N4O. The lowest BCUT2D eigenvalue weighted by Crippen LogP contribution is -2.34. The number of carbonyl (C=O) groups is 1. The zero-order valence-electron chi connectivity index (χ0n) is 10.2. The van der Waals surface area contributed by atoms with Crippen LogP contribution in [-0.4, -0.2) is 42.4 Å². The number of carbonyl (C=O) groups excluding carboxylic acids is 1. The predicted molar refractivity (Wildman–Crippen MR) is 65.2 cm³/mol. The van der Waals surface area contributed by atoms with E-state index in [2.05, 4.69) is 10.3 Å². The van der Waals surface area contributed by atoms with E-state index in [9.17, 15) is 4.79 Å². The number of nitrogens with zero attached hydrogens (tertiary/aromatic N) is 2. The fourth-order valence-electron chi connectivity index (χ4n) is 1.49. The van der Waals surface area contributed by atoms with Crippen molar-refractivity contribution < 1.29 is 4.79 Å². The van der Waals surface area contributed by atoms with Crippen LogP contribution in [-0.2, 0) is 4.79 Å². The summed E-state index contributed by atoms with van der Waals surface area (Å²) in [6.07, 6.45) is 2.79. The molecule has 16 heavy (non-hydrogen) atoms. The van der Waals surface area contributed by atoms with Crippen LogP contribution < -0.4 is 11.1 Å². The van der Waals surface area contributed by atoms with Gasteiger partial charge in [0, 0.05) is 25.6 Å². The fourth-order valence-corrected chi connectivity index (χ4v) is 1.49. The van der Waals surface area contributed by atoms with Crippen molar-refractivity contribution >= 4 is 11.9 Å². The van der Waals surface area contributed by atoms with E-state index >= 15 is 0 Å². The first-order valence-electron chi connectivity index (χ1n) is 6.01. The van der Waals surface area contributed by atoms with Gasteiger partial charge in [0.15, 0.2) is 5.96 Å². The van der Waals surface area contributed by atoms with Gasteiger partial charge in [0.05, 0.1) is 6.54 Å². The van der Waals surface area contributed by atoms with Crippen molar-refractivity contribution in [2.75, 3.05) is 19.6 Å². The number of guanidine groups is 1. The minimum atomic E-state index is 0.146. The Morgan fingerprint density at radius 3 is 2.56 bits per heavy atom. The van der Waals surface area contributed by atoms with E-state index in [4.69, 9.17) is 5.73 Å². The van der Waals surface area contributed by atoms with Crippen LogP contribution in [0.25, 0.3) is 0 Å². The fraction of sp³-hybridized carbons (Fsp3) is 0.818. The van der Waals surface area contributed by atoms with Gasteiger partial charge in [-0.1, -0.05) is 0 Å². The number of hydrogen-bond donors (Lipinski definition) is 2. The lowest BCUT2D eigenvalue weighted by Gasteiger charge is -2.17. The van der Waals surface area contributed by atoms with Crippen LogP contribution in [0.3, 0.4) is 0 Å². The van der Waals surface area contributed by atoms with E-state index < -0.39 is 0 Å². The van der Waals surface area contributed by atoms with Crippen LogP contribution in [0.15, 0.2) is 4.99 Å². The van der Waals surface area contributed by atoms with E-state index in [1.807, 2.05) is 13.8 Å². The SMILES string of the molecule is CCN(CC)C(=O)CCN=C(N)NC1CC1. The van der Waals surface area contributed by atoms with E-state index in [1.54, 1.807) is 4.90 Å². The van der Waals surface area contributed by atoms with Gasteiger partial charge in [-0.2, -0.15) is 0 Å². The molecule has 5 heteroatoms. The first-order chi connectivity index (χ1) is 7.67. The van der Waals surface area contributed by atoms with Crippen LogP contribution in [0.4, 0.5) is 0 Å². The van der Waals surface area contributed by atoms with E-state index in [0.717, 1.165) is 13.1 Å². The van der Waals surface area contributed by atoms with Gasteiger partial charge in [-0.05, 0) is 26.7 Å². The maximum absolute atomic E-state index is 11.6. The average Bonchev–Trinajstić information content (AvgIpc) is 3.03. The van der Waals surface area contributed by atoms with Gasteiger partial charge in [-0.25, -0.2) is 0 Å². The molecule has 1 aliphatic rings. The number of nitrogens with two attached hydrogens (primary N) is 1. The molecule has 0 spiro atoms. The standard InChI is InChI=1S/C11H22N4O/c1-3-15(4-2)10(16)7-8-13-11(12)14-9-5-6-9/h9H,3-8H2,1-2H3,(H3,12,13,14). The highest BCUT2D eigenvalue weighted by atomic mass is 16.2. The van der Waals surface area contributed by atoms with E-state index in [-0.39, 0.29) is 5.91 Å². The molecule has 1 saturated carbocycles. The Bertz CT molecular complexity index is 257. The molecule has 0 heterocycles. The lowest BCUT2D eigenvalue weighted by molar-refractivity contribution is -0.130. The molecule has 0 atom stereocenters. The van der Waals surface area contributed by atoms with Crippen molar-refractivity contribution in [2.24, 2.45) is 10.7 Å². The molecular weight excluding hydrogens is 204 g/mol. The summed E-state index contributed by atoms with van der Waals surface area (Å²) in [4.78, 5) is 17.6. The molecule has 1 amide bonds. The van der Waals surface area contributed by atoms with Gasteiger partial charge in [-0.15, -0.1) is 0 Å². The molecule has 0 bridgehead atoms. The zero-order chi connectivity index (χ0) is 12.0. The molecule has 3 N–H and O–H groups in total. The van der Waals surface area contributed by atoms with E-state index in [1.165, 1.54) is 12.8 Å². The van der Waals surface area contributed by atoms with Crippen LogP contribution in [0.5, 0.6) is 0 Å². The quantitative estimate of drug-likeness (QED) is 0.506. The lowest BCUT2D eigenvalue weighted by atomic mass is 10.3. The monoisotopic (exact) mass is 226 g/mol. The highest BCUT2D eigenvalue weighted by Gasteiger charge is 2.21. The van der Waals surface area contributed by atoms with Crippen molar-refractivity contribution in [3.8, 4) is 0 Å². The summed E-state index contributed by atoms with van der Waals surface area (Å²) in [5.74, 6) is 0.614. The Balaban J connectivity index is 2.19. The summed E-state index contributed by atoms with van der Waals surface area (Å²) in [6, 6.07) is 0.516. The van der Waals surface area contributed by atoms with Gasteiger partial charge in [-0.3, -0.25) is 9.79 Å². The minimum absolute atomic E-state index is 0.146. The molecule has 0 aliphatic heterocycles. The Kier molecular flexibility index (Phi) is 5.08. The normalized spacial score (nSPS) is 16.0. The zero-order valence-corrected chi connectivity index (χ0v) is 10.2. The number of hydrogen-bond acceptors (Lipinski definition) is 2. The van der Waals surface area contributed by atoms with Crippen molar-refractivity contribution in [1.29, 1.82) is 0 Å². The Labute approximate surface area is 97.1 Å². The van der Waals surface area contributed by atoms with Crippen molar-refractivity contribution in [3.63, 3.8) is 0 Å². The largest absolute Gasteiger partial charge is 0.370 e. The molecule has 0 aromatic heterocycles. The number of amides is 1. The summed E-state index contributed by atoms with van der Waals surface area (Å²) in [7, 11) is 0. The second-order valence-electron chi connectivity index (χ2n) is 4.00.